The molecular formula is C15H23N5O3. The third-order valence-corrected chi connectivity index (χ3v) is 3.90. The summed E-state index contributed by atoms with van der Waals surface area (Å²) >= 11 is 0. The van der Waals surface area contributed by atoms with E-state index in [1.807, 2.05) is 6.07 Å². The molecule has 0 aliphatic carbocycles. The number of aromatic nitrogens is 2. The van der Waals surface area contributed by atoms with Gasteiger partial charge < -0.3 is 0 Å². The fourth-order valence-electron chi connectivity index (χ4n) is 2.62. The first-order valence-corrected chi connectivity index (χ1v) is 7.97. The van der Waals surface area contributed by atoms with Gasteiger partial charge in [-0.2, -0.15) is 0 Å². The van der Waals surface area contributed by atoms with Crippen LogP contribution in [-0.4, -0.2) is 39.1 Å². The summed E-state index contributed by atoms with van der Waals surface area (Å²) in [7, 11) is 0. The van der Waals surface area contributed by atoms with Crippen molar-refractivity contribution in [2.24, 2.45) is 5.92 Å². The molecule has 0 aromatic carbocycles. The second kappa shape index (κ2) is 9.04. The second-order valence-electron chi connectivity index (χ2n) is 5.72. The zero-order valence-corrected chi connectivity index (χ0v) is 13.1. The SMILES string of the molecule is O=CN(O)C[C@H]1CCCCCCCc2ccnc(n2)NNC1=O. The van der Waals surface area contributed by atoms with Crippen molar-refractivity contribution in [3.8, 4) is 0 Å². The Kier molecular flexibility index (Phi) is 6.74. The molecule has 0 fully saturated rings. The molecule has 23 heavy (non-hydrogen) atoms. The van der Waals surface area contributed by atoms with E-state index in [1.165, 1.54) is 0 Å². The van der Waals surface area contributed by atoms with Crippen molar-refractivity contribution in [1.29, 1.82) is 0 Å². The van der Waals surface area contributed by atoms with Crippen molar-refractivity contribution < 1.29 is 14.8 Å². The van der Waals surface area contributed by atoms with Crippen molar-refractivity contribution >= 4 is 18.3 Å². The summed E-state index contributed by atoms with van der Waals surface area (Å²) in [4.78, 5) is 31.2. The van der Waals surface area contributed by atoms with Crippen LogP contribution in [0.2, 0.25) is 0 Å². The molecule has 2 rings (SSSR count). The largest absolute Gasteiger partial charge is 0.286 e. The normalized spacial score (nSPS) is 19.9. The summed E-state index contributed by atoms with van der Waals surface area (Å²) in [6, 6.07) is 1.87. The number of carbonyl (C=O) groups is 2. The highest BCUT2D eigenvalue weighted by Gasteiger charge is 2.21. The molecule has 0 saturated heterocycles. The minimum Gasteiger partial charge on any atom is -0.286 e. The summed E-state index contributed by atoms with van der Waals surface area (Å²) in [6.45, 7) is -0.0299. The summed E-state index contributed by atoms with van der Waals surface area (Å²) in [5, 5.41) is 9.86. The molecule has 8 heteroatoms. The van der Waals surface area contributed by atoms with E-state index in [0.717, 1.165) is 44.2 Å². The van der Waals surface area contributed by atoms with Crippen LogP contribution >= 0.6 is 0 Å². The van der Waals surface area contributed by atoms with E-state index in [9.17, 15) is 14.8 Å². The Morgan fingerprint density at radius 1 is 1.26 bits per heavy atom. The highest BCUT2D eigenvalue weighted by Crippen LogP contribution is 2.15. The van der Waals surface area contributed by atoms with E-state index in [2.05, 4.69) is 20.8 Å². The van der Waals surface area contributed by atoms with Crippen LogP contribution in [-0.2, 0) is 16.0 Å². The average molecular weight is 321 g/mol. The Hall–Kier alpha value is -2.22. The lowest BCUT2D eigenvalue weighted by Gasteiger charge is -2.20. The van der Waals surface area contributed by atoms with Crippen molar-refractivity contribution in [3.05, 3.63) is 18.0 Å². The molecule has 8 nitrogen and oxygen atoms in total. The number of nitrogens with zero attached hydrogens (tertiary/aromatic N) is 3. The van der Waals surface area contributed by atoms with Crippen LogP contribution in [0.15, 0.2) is 12.3 Å². The molecule has 1 aromatic rings. The second-order valence-corrected chi connectivity index (χ2v) is 5.72. The number of carbonyl (C=O) groups excluding carboxylic acids is 2. The molecule has 1 aliphatic rings. The number of hydrazine groups is 1. The van der Waals surface area contributed by atoms with Crippen LogP contribution in [0.5, 0.6) is 0 Å². The van der Waals surface area contributed by atoms with Crippen LogP contribution in [0.4, 0.5) is 5.95 Å². The van der Waals surface area contributed by atoms with Gasteiger partial charge in [0.2, 0.25) is 18.3 Å². The van der Waals surface area contributed by atoms with E-state index >= 15 is 0 Å². The quantitative estimate of drug-likeness (QED) is 0.440. The fourth-order valence-corrected chi connectivity index (χ4v) is 2.62. The van der Waals surface area contributed by atoms with Crippen LogP contribution in [0.1, 0.15) is 44.2 Å². The van der Waals surface area contributed by atoms with E-state index < -0.39 is 5.92 Å². The van der Waals surface area contributed by atoms with Gasteiger partial charge in [-0.3, -0.25) is 25.6 Å². The van der Waals surface area contributed by atoms with Gasteiger partial charge in [-0.15, -0.1) is 0 Å². The average Bonchev–Trinajstić information content (AvgIpc) is 2.57. The number of hydrogen-bond acceptors (Lipinski definition) is 6. The Labute approximate surface area is 135 Å². The standard InChI is InChI=1S/C15H23N5O3/c21-11-20(23)10-12-6-4-2-1-3-5-7-13-8-9-16-15(17-13)19-18-14(12)22/h8-9,11-12,23H,1-7,10H2,(H,18,22)(H,16,17,19)/t12-/m1/s1. The third kappa shape index (κ3) is 5.82. The molecule has 2 bridgehead atoms. The molecule has 1 aliphatic heterocycles. The van der Waals surface area contributed by atoms with Crippen molar-refractivity contribution in [1.82, 2.24) is 20.5 Å². The molecule has 2 heterocycles. The highest BCUT2D eigenvalue weighted by atomic mass is 16.5. The van der Waals surface area contributed by atoms with E-state index in [0.29, 0.717) is 23.8 Å². The molecule has 1 atom stereocenters. The minimum absolute atomic E-state index is 0.0299. The number of nitrogens with one attached hydrogen (secondary N) is 2. The zero-order chi connectivity index (χ0) is 16.5. The number of hydrogen-bond donors (Lipinski definition) is 3. The molecule has 0 unspecified atom stereocenters. The maximum absolute atomic E-state index is 12.2. The molecule has 126 valence electrons. The highest BCUT2D eigenvalue weighted by molar-refractivity contribution is 5.80. The predicted molar refractivity (Wildman–Crippen MR) is 83.2 cm³/mol. The van der Waals surface area contributed by atoms with E-state index in [1.54, 1.807) is 6.20 Å². The first-order valence-electron chi connectivity index (χ1n) is 7.97. The number of amides is 2. The van der Waals surface area contributed by atoms with Gasteiger partial charge in [0, 0.05) is 11.9 Å². The smallest absolute Gasteiger partial charge is 0.243 e. The molecule has 0 saturated carbocycles. The van der Waals surface area contributed by atoms with Gasteiger partial charge in [0.05, 0.1) is 12.5 Å². The van der Waals surface area contributed by atoms with Crippen LogP contribution < -0.4 is 10.9 Å². The molecular weight excluding hydrogens is 298 g/mol. The zero-order valence-electron chi connectivity index (χ0n) is 13.1. The van der Waals surface area contributed by atoms with E-state index in [-0.39, 0.29) is 12.5 Å². The molecule has 0 radical (unpaired) electrons. The van der Waals surface area contributed by atoms with Gasteiger partial charge in [0.15, 0.2) is 0 Å². The first kappa shape index (κ1) is 17.1. The maximum atomic E-state index is 12.2. The lowest BCUT2D eigenvalue weighted by atomic mass is 9.99. The maximum Gasteiger partial charge on any atom is 0.243 e. The van der Waals surface area contributed by atoms with Gasteiger partial charge in [-0.1, -0.05) is 25.7 Å². The topological polar surface area (TPSA) is 107 Å². The van der Waals surface area contributed by atoms with Crippen molar-refractivity contribution in [3.63, 3.8) is 0 Å². The lowest BCUT2D eigenvalue weighted by Crippen LogP contribution is -2.40. The minimum atomic E-state index is -0.483. The van der Waals surface area contributed by atoms with Gasteiger partial charge in [-0.05, 0) is 25.3 Å². The fraction of sp³-hybridized carbons (Fsp3) is 0.600. The lowest BCUT2D eigenvalue weighted by molar-refractivity contribution is -0.154. The Morgan fingerprint density at radius 3 is 2.87 bits per heavy atom. The Morgan fingerprint density at radius 2 is 2.04 bits per heavy atom. The number of fused-ring (bicyclic) bond motifs is 2. The van der Waals surface area contributed by atoms with Crippen LogP contribution in [0.25, 0.3) is 0 Å². The predicted octanol–water partition coefficient (Wildman–Crippen LogP) is 1.28. The monoisotopic (exact) mass is 321 g/mol. The molecule has 0 spiro atoms. The summed E-state index contributed by atoms with van der Waals surface area (Å²) in [5.74, 6) is -0.441. The van der Waals surface area contributed by atoms with Crippen LogP contribution in [0.3, 0.4) is 0 Å². The Bertz CT molecular complexity index is 526. The number of hydroxylamine groups is 2. The summed E-state index contributed by atoms with van der Waals surface area (Å²) in [5.41, 5.74) is 6.19. The van der Waals surface area contributed by atoms with Gasteiger partial charge >= 0.3 is 0 Å². The van der Waals surface area contributed by atoms with Gasteiger partial charge in [0.1, 0.15) is 0 Å². The number of aryl methyl sites for hydroxylation is 1. The summed E-state index contributed by atoms with van der Waals surface area (Å²) < 4.78 is 0. The van der Waals surface area contributed by atoms with Crippen molar-refractivity contribution in [2.75, 3.05) is 12.0 Å². The van der Waals surface area contributed by atoms with Gasteiger partial charge in [0.25, 0.3) is 0 Å². The van der Waals surface area contributed by atoms with E-state index in [4.69, 9.17) is 0 Å². The molecule has 2 amide bonds. The first-order chi connectivity index (χ1) is 11.2. The number of rotatable bonds is 3. The number of anilines is 1. The Balaban J connectivity index is 2.05. The molecule has 1 aromatic heterocycles. The van der Waals surface area contributed by atoms with Gasteiger partial charge in [-0.25, -0.2) is 15.0 Å². The van der Waals surface area contributed by atoms with Crippen LogP contribution in [0, 0.1) is 5.92 Å². The van der Waals surface area contributed by atoms with Crippen molar-refractivity contribution in [2.45, 2.75) is 44.9 Å². The summed E-state index contributed by atoms with van der Waals surface area (Å²) in [6.07, 6.45) is 8.66. The molecule has 3 N–H and O–H groups in total. The third-order valence-electron chi connectivity index (χ3n) is 3.90.